The Morgan fingerprint density at radius 3 is 2.27 bits per heavy atom. The summed E-state index contributed by atoms with van der Waals surface area (Å²) < 4.78 is 42.8. The van der Waals surface area contributed by atoms with Gasteiger partial charge in [0.25, 0.3) is 5.91 Å². The lowest BCUT2D eigenvalue weighted by Crippen LogP contribution is -2.48. The molecule has 0 aromatic heterocycles. The molecule has 1 aromatic rings. The number of hydroxylamine groups is 2. The Balaban J connectivity index is 2.04. The van der Waals surface area contributed by atoms with Crippen LogP contribution in [-0.4, -0.2) is 41.8 Å². The van der Waals surface area contributed by atoms with Crippen molar-refractivity contribution in [3.05, 3.63) is 29.3 Å². The molecule has 0 atom stereocenters. The van der Waals surface area contributed by atoms with E-state index in [4.69, 9.17) is 22.1 Å². The lowest BCUT2D eigenvalue weighted by Gasteiger charge is -2.34. The van der Waals surface area contributed by atoms with Gasteiger partial charge in [-0.05, 0) is 49.9 Å². The second-order valence-corrected chi connectivity index (χ2v) is 6.34. The van der Waals surface area contributed by atoms with Gasteiger partial charge < -0.3 is 15.3 Å². The molecule has 10 heteroatoms. The number of rotatable bonds is 4. The second kappa shape index (κ2) is 8.59. The van der Waals surface area contributed by atoms with E-state index >= 15 is 0 Å². The lowest BCUT2D eigenvalue weighted by molar-refractivity contribution is -0.245. The van der Waals surface area contributed by atoms with Crippen molar-refractivity contribution >= 4 is 23.5 Å². The summed E-state index contributed by atoms with van der Waals surface area (Å²) in [4.78, 5) is 27.8. The van der Waals surface area contributed by atoms with Gasteiger partial charge in [-0.15, -0.1) is 0 Å². The van der Waals surface area contributed by atoms with Crippen LogP contribution in [0.2, 0.25) is 5.02 Å². The number of carbonyl (C=O) groups is 2. The standard InChI is InChI=1S/C16H18ClF3N2O4/c17-10-1-7-13(8-2-10)25-9-14(23)22(26-15(24)16(18,19)20)12-5-3-11(21)4-6-12/h1-2,7-8,11-12H,3-6,9,21H2. The molecule has 1 saturated carbocycles. The average Bonchev–Trinajstić information content (AvgIpc) is 2.59. The maximum absolute atomic E-state index is 12.5. The monoisotopic (exact) mass is 394 g/mol. The molecular weight excluding hydrogens is 377 g/mol. The number of benzene rings is 1. The van der Waals surface area contributed by atoms with Gasteiger partial charge in [0, 0.05) is 11.1 Å². The Hall–Kier alpha value is -2.00. The maximum Gasteiger partial charge on any atom is 0.493 e. The van der Waals surface area contributed by atoms with Crippen molar-refractivity contribution in [2.75, 3.05) is 6.61 Å². The number of hydrogen-bond acceptors (Lipinski definition) is 5. The second-order valence-electron chi connectivity index (χ2n) is 5.91. The minimum atomic E-state index is -5.21. The van der Waals surface area contributed by atoms with Gasteiger partial charge in [0.2, 0.25) is 0 Å². The molecule has 0 bridgehead atoms. The molecule has 2 N–H and O–H groups in total. The van der Waals surface area contributed by atoms with Crippen LogP contribution in [0, 0.1) is 0 Å². The van der Waals surface area contributed by atoms with E-state index in [-0.39, 0.29) is 6.04 Å². The summed E-state index contributed by atoms with van der Waals surface area (Å²) in [5.74, 6) is -3.04. The summed E-state index contributed by atoms with van der Waals surface area (Å²) in [5.41, 5.74) is 5.76. The molecule has 2 rings (SSSR count). The zero-order valence-electron chi connectivity index (χ0n) is 13.7. The predicted octanol–water partition coefficient (Wildman–Crippen LogP) is 2.84. The first-order valence-electron chi connectivity index (χ1n) is 7.92. The van der Waals surface area contributed by atoms with Crippen molar-refractivity contribution in [1.82, 2.24) is 5.06 Å². The molecule has 0 aliphatic heterocycles. The van der Waals surface area contributed by atoms with Crippen LogP contribution in [0.25, 0.3) is 0 Å². The molecule has 0 unspecified atom stereocenters. The highest BCUT2D eigenvalue weighted by molar-refractivity contribution is 6.30. The van der Waals surface area contributed by atoms with E-state index in [0.29, 0.717) is 41.5 Å². The number of nitrogens with two attached hydrogens (primary N) is 1. The fourth-order valence-electron chi connectivity index (χ4n) is 2.55. The van der Waals surface area contributed by atoms with Crippen LogP contribution >= 0.6 is 11.6 Å². The van der Waals surface area contributed by atoms with E-state index in [2.05, 4.69) is 4.84 Å². The van der Waals surface area contributed by atoms with Gasteiger partial charge in [-0.1, -0.05) is 11.6 Å². The summed E-state index contributed by atoms with van der Waals surface area (Å²) in [5, 5.41) is 0.931. The fourth-order valence-corrected chi connectivity index (χ4v) is 2.67. The van der Waals surface area contributed by atoms with E-state index in [1.165, 1.54) is 24.3 Å². The fraction of sp³-hybridized carbons (Fsp3) is 0.500. The summed E-state index contributed by atoms with van der Waals surface area (Å²) in [6.07, 6.45) is -3.52. The lowest BCUT2D eigenvalue weighted by atomic mass is 9.91. The predicted molar refractivity (Wildman–Crippen MR) is 86.2 cm³/mol. The quantitative estimate of drug-likeness (QED) is 0.794. The summed E-state index contributed by atoms with van der Waals surface area (Å²) >= 11 is 5.73. The van der Waals surface area contributed by atoms with Crippen molar-refractivity contribution < 1.29 is 32.3 Å². The number of carbonyl (C=O) groups excluding carboxylic acids is 2. The molecular formula is C16H18ClF3N2O4. The van der Waals surface area contributed by atoms with Crippen LogP contribution in [0.3, 0.4) is 0 Å². The molecule has 26 heavy (non-hydrogen) atoms. The first-order valence-corrected chi connectivity index (χ1v) is 8.29. The van der Waals surface area contributed by atoms with Gasteiger partial charge in [-0.2, -0.15) is 18.2 Å². The van der Waals surface area contributed by atoms with Gasteiger partial charge in [0.05, 0.1) is 6.04 Å². The van der Waals surface area contributed by atoms with E-state index < -0.39 is 30.7 Å². The Morgan fingerprint density at radius 1 is 1.15 bits per heavy atom. The van der Waals surface area contributed by atoms with Crippen LogP contribution in [0.4, 0.5) is 13.2 Å². The first-order chi connectivity index (χ1) is 12.2. The Labute approximate surface area is 152 Å². The smallest absolute Gasteiger partial charge is 0.484 e. The van der Waals surface area contributed by atoms with Gasteiger partial charge in [0.1, 0.15) is 5.75 Å². The molecule has 0 spiro atoms. The Morgan fingerprint density at radius 2 is 1.73 bits per heavy atom. The molecule has 0 heterocycles. The SMILES string of the molecule is NC1CCC(N(OC(=O)C(F)(F)F)C(=O)COc2ccc(Cl)cc2)CC1. The minimum Gasteiger partial charge on any atom is -0.484 e. The normalized spacial score (nSPS) is 20.3. The van der Waals surface area contributed by atoms with Gasteiger partial charge in [-0.25, -0.2) is 4.79 Å². The van der Waals surface area contributed by atoms with E-state index in [1.807, 2.05) is 0 Å². The highest BCUT2D eigenvalue weighted by atomic mass is 35.5. The molecule has 0 saturated heterocycles. The largest absolute Gasteiger partial charge is 0.493 e. The van der Waals surface area contributed by atoms with E-state index in [0.717, 1.165) is 0 Å². The highest BCUT2D eigenvalue weighted by Gasteiger charge is 2.44. The number of amides is 1. The zero-order valence-corrected chi connectivity index (χ0v) is 14.4. The number of hydrogen-bond donors (Lipinski definition) is 1. The Kier molecular flexibility index (Phi) is 6.71. The number of nitrogens with zero attached hydrogens (tertiary/aromatic N) is 1. The van der Waals surface area contributed by atoms with E-state index in [1.54, 1.807) is 0 Å². The van der Waals surface area contributed by atoms with Crippen molar-refractivity contribution in [3.63, 3.8) is 0 Å². The van der Waals surface area contributed by atoms with Gasteiger partial charge in [-0.3, -0.25) is 4.79 Å². The van der Waals surface area contributed by atoms with Crippen LogP contribution in [0.15, 0.2) is 24.3 Å². The van der Waals surface area contributed by atoms with Crippen LogP contribution in [-0.2, 0) is 14.4 Å². The molecule has 144 valence electrons. The number of halogens is 4. The Bertz CT molecular complexity index is 631. The maximum atomic E-state index is 12.5. The molecule has 1 aromatic carbocycles. The summed E-state index contributed by atoms with van der Waals surface area (Å²) in [7, 11) is 0. The van der Waals surface area contributed by atoms with Crippen molar-refractivity contribution in [3.8, 4) is 5.75 Å². The number of alkyl halides is 3. The van der Waals surface area contributed by atoms with E-state index in [9.17, 15) is 22.8 Å². The third-order valence-corrected chi connectivity index (χ3v) is 4.16. The molecule has 6 nitrogen and oxygen atoms in total. The third kappa shape index (κ3) is 5.77. The molecule has 1 aliphatic rings. The van der Waals surface area contributed by atoms with Crippen molar-refractivity contribution in [1.29, 1.82) is 0 Å². The van der Waals surface area contributed by atoms with Gasteiger partial charge >= 0.3 is 12.1 Å². The third-order valence-electron chi connectivity index (χ3n) is 3.91. The molecule has 0 radical (unpaired) electrons. The molecule has 1 fully saturated rings. The van der Waals surface area contributed by atoms with Gasteiger partial charge in [0.15, 0.2) is 6.61 Å². The van der Waals surface area contributed by atoms with Crippen LogP contribution < -0.4 is 10.5 Å². The molecule has 1 aliphatic carbocycles. The zero-order chi connectivity index (χ0) is 19.3. The van der Waals surface area contributed by atoms with Crippen LogP contribution in [0.1, 0.15) is 25.7 Å². The first kappa shape index (κ1) is 20.3. The average molecular weight is 395 g/mol. The highest BCUT2D eigenvalue weighted by Crippen LogP contribution is 2.25. The van der Waals surface area contributed by atoms with Crippen LogP contribution in [0.5, 0.6) is 5.75 Å². The summed E-state index contributed by atoms with van der Waals surface area (Å²) in [6, 6.07) is 5.30. The molecule has 1 amide bonds. The van der Waals surface area contributed by atoms with Crippen molar-refractivity contribution in [2.45, 2.75) is 43.9 Å². The topological polar surface area (TPSA) is 81.9 Å². The van der Waals surface area contributed by atoms with Crippen molar-refractivity contribution in [2.24, 2.45) is 5.73 Å². The minimum absolute atomic E-state index is 0.0909. The number of ether oxygens (including phenoxy) is 1. The summed E-state index contributed by atoms with van der Waals surface area (Å²) in [6.45, 7) is -0.588.